The molecule has 1 aliphatic carbocycles. The molecule has 0 aromatic heterocycles. The number of phenols is 2. The highest BCUT2D eigenvalue weighted by Gasteiger charge is 2.33. The van der Waals surface area contributed by atoms with Crippen molar-refractivity contribution in [1.82, 2.24) is 0 Å². The van der Waals surface area contributed by atoms with Gasteiger partial charge in [0.25, 0.3) is 0 Å². The van der Waals surface area contributed by atoms with Crippen LogP contribution < -0.4 is 0 Å². The van der Waals surface area contributed by atoms with Crippen LogP contribution in [0.1, 0.15) is 76.3 Å². The molecule has 3 atom stereocenters. The van der Waals surface area contributed by atoms with Crippen molar-refractivity contribution in [2.24, 2.45) is 11.8 Å². The van der Waals surface area contributed by atoms with E-state index in [1.165, 1.54) is 19.3 Å². The number of unbranched alkanes of at least 4 members (excludes halogenated alkanes) is 2. The second-order valence-corrected chi connectivity index (χ2v) is 7.48. The average molecular weight is 316 g/mol. The molecule has 0 bridgehead atoms. The van der Waals surface area contributed by atoms with Crippen molar-refractivity contribution >= 4 is 0 Å². The van der Waals surface area contributed by atoms with E-state index >= 15 is 0 Å². The fourth-order valence-electron chi connectivity index (χ4n) is 4.07. The summed E-state index contributed by atoms with van der Waals surface area (Å²) in [5, 5.41) is 21.2. The Morgan fingerprint density at radius 3 is 2.39 bits per heavy atom. The van der Waals surface area contributed by atoms with Crippen LogP contribution in [0, 0.1) is 11.8 Å². The molecule has 1 aromatic rings. The largest absolute Gasteiger partial charge is 0.508 e. The van der Waals surface area contributed by atoms with E-state index in [2.05, 4.69) is 27.4 Å². The third-order valence-corrected chi connectivity index (χ3v) is 5.38. The summed E-state index contributed by atoms with van der Waals surface area (Å²) < 4.78 is 0. The molecule has 1 saturated carbocycles. The molecule has 2 nitrogen and oxygen atoms in total. The SMILES string of the molecule is C=C(C)[C@@H]1CCC(C)C[C@H]1c1c(O)cc(CCCCC)cc1O. The summed E-state index contributed by atoms with van der Waals surface area (Å²) in [7, 11) is 0. The summed E-state index contributed by atoms with van der Waals surface area (Å²) in [5.74, 6) is 1.69. The summed E-state index contributed by atoms with van der Waals surface area (Å²) >= 11 is 0. The second kappa shape index (κ2) is 7.90. The van der Waals surface area contributed by atoms with E-state index in [1.54, 1.807) is 0 Å². The van der Waals surface area contributed by atoms with Crippen molar-refractivity contribution in [3.05, 3.63) is 35.4 Å². The molecule has 1 aromatic carbocycles. The van der Waals surface area contributed by atoms with Crippen LogP contribution in [0.3, 0.4) is 0 Å². The zero-order valence-corrected chi connectivity index (χ0v) is 14.9. The zero-order chi connectivity index (χ0) is 17.0. The topological polar surface area (TPSA) is 40.5 Å². The minimum Gasteiger partial charge on any atom is -0.508 e. The first-order valence-corrected chi connectivity index (χ1v) is 9.14. The third-order valence-electron chi connectivity index (χ3n) is 5.38. The highest BCUT2D eigenvalue weighted by Crippen LogP contribution is 2.49. The van der Waals surface area contributed by atoms with Crippen molar-refractivity contribution in [2.45, 2.75) is 71.6 Å². The van der Waals surface area contributed by atoms with Crippen molar-refractivity contribution in [1.29, 1.82) is 0 Å². The molecule has 0 saturated heterocycles. The Kier molecular flexibility index (Phi) is 6.15. The van der Waals surface area contributed by atoms with Crippen molar-refractivity contribution in [3.63, 3.8) is 0 Å². The van der Waals surface area contributed by atoms with Gasteiger partial charge in [0.15, 0.2) is 0 Å². The number of hydrogen-bond acceptors (Lipinski definition) is 2. The molecular weight excluding hydrogens is 284 g/mol. The van der Waals surface area contributed by atoms with Crippen LogP contribution in [-0.2, 0) is 6.42 Å². The van der Waals surface area contributed by atoms with Gasteiger partial charge in [0.1, 0.15) is 11.5 Å². The van der Waals surface area contributed by atoms with Crippen molar-refractivity contribution in [2.75, 3.05) is 0 Å². The van der Waals surface area contributed by atoms with Crippen LogP contribution in [0.25, 0.3) is 0 Å². The molecule has 0 spiro atoms. The van der Waals surface area contributed by atoms with Crippen LogP contribution in [0.15, 0.2) is 24.3 Å². The lowest BCUT2D eigenvalue weighted by atomic mass is 9.69. The zero-order valence-electron chi connectivity index (χ0n) is 14.9. The van der Waals surface area contributed by atoms with Gasteiger partial charge in [0.05, 0.1) is 0 Å². The number of benzene rings is 1. The summed E-state index contributed by atoms with van der Waals surface area (Å²) in [6, 6.07) is 3.72. The fourth-order valence-corrected chi connectivity index (χ4v) is 4.07. The van der Waals surface area contributed by atoms with Crippen LogP contribution in [0.4, 0.5) is 0 Å². The van der Waals surface area contributed by atoms with Gasteiger partial charge in [-0.15, -0.1) is 0 Å². The number of aromatic hydroxyl groups is 2. The number of phenolic OH excluding ortho intramolecular Hbond substituents is 2. The lowest BCUT2D eigenvalue weighted by molar-refractivity contribution is 0.267. The Hall–Kier alpha value is -1.44. The minimum atomic E-state index is 0.181. The Morgan fingerprint density at radius 1 is 1.17 bits per heavy atom. The maximum atomic E-state index is 10.6. The molecule has 0 radical (unpaired) electrons. The molecule has 1 unspecified atom stereocenters. The lowest BCUT2D eigenvalue weighted by Crippen LogP contribution is -2.23. The molecule has 23 heavy (non-hydrogen) atoms. The summed E-state index contributed by atoms with van der Waals surface area (Å²) in [6.07, 6.45) is 7.68. The molecule has 2 rings (SSSR count). The molecule has 0 amide bonds. The van der Waals surface area contributed by atoms with E-state index in [1.807, 2.05) is 12.1 Å². The Labute approximate surface area is 141 Å². The van der Waals surface area contributed by atoms with Crippen LogP contribution in [-0.4, -0.2) is 10.2 Å². The van der Waals surface area contributed by atoms with Crippen molar-refractivity contribution in [3.8, 4) is 11.5 Å². The highest BCUT2D eigenvalue weighted by molar-refractivity contribution is 5.49. The van der Waals surface area contributed by atoms with Crippen LogP contribution >= 0.6 is 0 Å². The number of aryl methyl sites for hydroxylation is 1. The fraction of sp³-hybridized carbons (Fsp3) is 0.619. The third kappa shape index (κ3) is 4.31. The molecule has 1 fully saturated rings. The summed E-state index contributed by atoms with van der Waals surface area (Å²) in [6.45, 7) is 10.7. The van der Waals surface area contributed by atoms with Gasteiger partial charge < -0.3 is 10.2 Å². The van der Waals surface area contributed by atoms with E-state index in [4.69, 9.17) is 0 Å². The van der Waals surface area contributed by atoms with Gasteiger partial charge in [-0.05, 0) is 68.1 Å². The Balaban J connectivity index is 2.28. The standard InChI is InChI=1S/C21H32O2/c1-5-6-7-8-16-12-19(22)21(20(23)13-16)18-11-15(4)9-10-17(18)14(2)3/h12-13,15,17-18,22-23H,2,5-11H2,1,3-4H3/t15?,17-,18+/m0/s1. The van der Waals surface area contributed by atoms with Gasteiger partial charge in [0.2, 0.25) is 0 Å². The highest BCUT2D eigenvalue weighted by atomic mass is 16.3. The number of allylic oxidation sites excluding steroid dienone is 1. The predicted octanol–water partition coefficient (Wildman–Crippen LogP) is 5.93. The lowest BCUT2D eigenvalue weighted by Gasteiger charge is -2.36. The molecule has 0 aliphatic heterocycles. The molecule has 128 valence electrons. The van der Waals surface area contributed by atoms with E-state index in [0.717, 1.165) is 42.4 Å². The number of rotatable bonds is 6. The van der Waals surface area contributed by atoms with Gasteiger partial charge in [-0.1, -0.05) is 45.3 Å². The molecule has 2 heteroatoms. The molecular formula is C21H32O2. The average Bonchev–Trinajstić information content (AvgIpc) is 2.46. The van der Waals surface area contributed by atoms with Crippen molar-refractivity contribution < 1.29 is 10.2 Å². The Bertz CT molecular complexity index is 524. The molecule has 2 N–H and O–H groups in total. The van der Waals surface area contributed by atoms with E-state index in [9.17, 15) is 10.2 Å². The second-order valence-electron chi connectivity index (χ2n) is 7.48. The maximum absolute atomic E-state index is 10.6. The van der Waals surface area contributed by atoms with Gasteiger partial charge in [0, 0.05) is 5.56 Å². The van der Waals surface area contributed by atoms with E-state index in [0.29, 0.717) is 11.8 Å². The first-order valence-electron chi connectivity index (χ1n) is 9.14. The van der Waals surface area contributed by atoms with Gasteiger partial charge in [-0.2, -0.15) is 0 Å². The normalized spacial score (nSPS) is 24.6. The monoisotopic (exact) mass is 316 g/mol. The number of hydrogen-bond donors (Lipinski definition) is 2. The first kappa shape index (κ1) is 17.9. The quantitative estimate of drug-likeness (QED) is 0.504. The van der Waals surface area contributed by atoms with E-state index < -0.39 is 0 Å². The maximum Gasteiger partial charge on any atom is 0.123 e. The Morgan fingerprint density at radius 2 is 1.83 bits per heavy atom. The van der Waals surface area contributed by atoms with Gasteiger partial charge in [-0.3, -0.25) is 0 Å². The van der Waals surface area contributed by atoms with Crippen LogP contribution in [0.2, 0.25) is 0 Å². The first-order chi connectivity index (χ1) is 10.9. The molecule has 1 aliphatic rings. The summed E-state index contributed by atoms with van der Waals surface area (Å²) in [4.78, 5) is 0. The predicted molar refractivity (Wildman–Crippen MR) is 97.1 cm³/mol. The van der Waals surface area contributed by atoms with Gasteiger partial charge in [-0.25, -0.2) is 0 Å². The van der Waals surface area contributed by atoms with E-state index in [-0.39, 0.29) is 17.4 Å². The van der Waals surface area contributed by atoms with Gasteiger partial charge >= 0.3 is 0 Å². The minimum absolute atomic E-state index is 0.181. The smallest absolute Gasteiger partial charge is 0.123 e. The van der Waals surface area contributed by atoms with Crippen LogP contribution in [0.5, 0.6) is 11.5 Å². The molecule has 0 heterocycles. The summed E-state index contributed by atoms with van der Waals surface area (Å²) in [5.41, 5.74) is 2.93.